The number of piperidine rings is 1. The summed E-state index contributed by atoms with van der Waals surface area (Å²) in [5.74, 6) is -9.13. The van der Waals surface area contributed by atoms with Crippen molar-refractivity contribution in [2.75, 3.05) is 13.1 Å². The Kier molecular flexibility index (Phi) is 7.59. The standard InChI is InChI=1S/C25H32F5N5O4/c1-23(2)15-11-35(18(16(15)23)20(37)33-14(10-31)9-13-5-8-32-19(13)36)21(38)17(34-22(39)25(28,29)30)12-3-6-24(26,27)7-4-12/h12-18H,3-9,11H2,1-2H3,(H,32,36)(H,33,37)(H,34,39)/t13-,14-,15?,16?,17-,18?/m0/s1. The molecule has 0 radical (unpaired) electrons. The average molecular weight is 562 g/mol. The summed E-state index contributed by atoms with van der Waals surface area (Å²) in [5.41, 5.74) is -0.357. The third kappa shape index (κ3) is 5.82. The molecule has 2 heterocycles. The van der Waals surface area contributed by atoms with Gasteiger partial charge in [-0.15, -0.1) is 0 Å². The molecule has 4 fully saturated rings. The normalized spacial score (nSPS) is 30.9. The first-order chi connectivity index (χ1) is 18.1. The van der Waals surface area contributed by atoms with Gasteiger partial charge in [0.2, 0.25) is 23.6 Å². The molecule has 0 aromatic rings. The van der Waals surface area contributed by atoms with Crippen LogP contribution >= 0.6 is 0 Å². The van der Waals surface area contributed by atoms with Crippen LogP contribution in [0, 0.1) is 40.4 Å². The van der Waals surface area contributed by atoms with Crippen molar-refractivity contribution in [3.05, 3.63) is 0 Å². The molecule has 0 spiro atoms. The van der Waals surface area contributed by atoms with Gasteiger partial charge < -0.3 is 20.9 Å². The van der Waals surface area contributed by atoms with Crippen molar-refractivity contribution in [2.45, 2.75) is 82.6 Å². The number of likely N-dealkylation sites (tertiary alicyclic amines) is 1. The van der Waals surface area contributed by atoms with Gasteiger partial charge in [-0.3, -0.25) is 19.2 Å². The molecule has 0 aromatic heterocycles. The number of amides is 4. The van der Waals surface area contributed by atoms with Gasteiger partial charge in [0, 0.05) is 31.8 Å². The number of nitriles is 1. The number of rotatable bonds is 7. The van der Waals surface area contributed by atoms with Crippen molar-refractivity contribution in [1.29, 1.82) is 5.26 Å². The summed E-state index contributed by atoms with van der Waals surface area (Å²) < 4.78 is 66.9. The fourth-order valence-corrected chi connectivity index (χ4v) is 6.55. The first-order valence-corrected chi connectivity index (χ1v) is 13.1. The van der Waals surface area contributed by atoms with Crippen molar-refractivity contribution >= 4 is 23.6 Å². The van der Waals surface area contributed by atoms with Gasteiger partial charge in [-0.2, -0.15) is 18.4 Å². The largest absolute Gasteiger partial charge is 0.471 e. The summed E-state index contributed by atoms with van der Waals surface area (Å²) in [7, 11) is 0. The van der Waals surface area contributed by atoms with E-state index in [1.807, 2.05) is 19.9 Å². The van der Waals surface area contributed by atoms with Gasteiger partial charge in [-0.05, 0) is 48.9 Å². The Morgan fingerprint density at radius 2 is 1.79 bits per heavy atom. The minimum atomic E-state index is -5.30. The summed E-state index contributed by atoms with van der Waals surface area (Å²) in [4.78, 5) is 52.0. The maximum atomic E-state index is 13.8. The van der Waals surface area contributed by atoms with Crippen LogP contribution in [0.5, 0.6) is 0 Å². The number of halogens is 5. The Hall–Kier alpha value is -2.98. The highest BCUT2D eigenvalue weighted by atomic mass is 19.4. The number of alkyl halides is 5. The minimum Gasteiger partial charge on any atom is -0.356 e. The van der Waals surface area contributed by atoms with E-state index in [4.69, 9.17) is 0 Å². The van der Waals surface area contributed by atoms with Crippen LogP contribution in [0.25, 0.3) is 0 Å². The van der Waals surface area contributed by atoms with Crippen molar-refractivity contribution in [1.82, 2.24) is 20.9 Å². The Bertz CT molecular complexity index is 1060. The quantitative estimate of drug-likeness (QED) is 0.409. The predicted octanol–water partition coefficient (Wildman–Crippen LogP) is 1.88. The zero-order chi connectivity index (χ0) is 28.9. The van der Waals surface area contributed by atoms with Crippen LogP contribution in [0.2, 0.25) is 0 Å². The number of nitrogens with one attached hydrogen (secondary N) is 3. The molecule has 2 saturated heterocycles. The van der Waals surface area contributed by atoms with Crippen molar-refractivity contribution < 1.29 is 41.1 Å². The minimum absolute atomic E-state index is 0.0398. The highest BCUT2D eigenvalue weighted by Crippen LogP contribution is 2.65. The Labute approximate surface area is 222 Å². The van der Waals surface area contributed by atoms with Gasteiger partial charge in [0.05, 0.1) is 6.07 Å². The molecule has 14 heteroatoms. The highest BCUT2D eigenvalue weighted by molar-refractivity contribution is 5.94. The van der Waals surface area contributed by atoms with Crippen LogP contribution in [0.1, 0.15) is 52.4 Å². The lowest BCUT2D eigenvalue weighted by Gasteiger charge is -2.38. The van der Waals surface area contributed by atoms with Crippen molar-refractivity contribution in [3.63, 3.8) is 0 Å². The fourth-order valence-electron chi connectivity index (χ4n) is 6.55. The van der Waals surface area contributed by atoms with Crippen molar-refractivity contribution in [2.24, 2.45) is 29.1 Å². The molecule has 4 rings (SSSR count). The smallest absolute Gasteiger partial charge is 0.356 e. The first kappa shape index (κ1) is 29.0. The van der Waals surface area contributed by atoms with Crippen LogP contribution in [-0.2, 0) is 19.2 Å². The molecule has 4 amide bonds. The molecule has 3 N–H and O–H groups in total. The van der Waals surface area contributed by atoms with Gasteiger partial charge >= 0.3 is 12.1 Å². The zero-order valence-electron chi connectivity index (χ0n) is 21.6. The summed E-state index contributed by atoms with van der Waals surface area (Å²) in [6, 6.07) is -1.94. The number of fused-ring (bicyclic) bond motifs is 1. The van der Waals surface area contributed by atoms with E-state index in [-0.39, 0.29) is 49.0 Å². The topological polar surface area (TPSA) is 131 Å². The maximum Gasteiger partial charge on any atom is 0.471 e. The number of carbonyl (C=O) groups excluding carboxylic acids is 4. The second-order valence-electron chi connectivity index (χ2n) is 11.7. The van der Waals surface area contributed by atoms with Crippen LogP contribution in [0.3, 0.4) is 0 Å². The molecule has 0 aromatic carbocycles. The van der Waals surface area contributed by atoms with E-state index in [1.165, 1.54) is 0 Å². The van der Waals surface area contributed by atoms with Crippen molar-refractivity contribution in [3.8, 4) is 6.07 Å². The summed E-state index contributed by atoms with van der Waals surface area (Å²) >= 11 is 0. The molecular weight excluding hydrogens is 529 g/mol. The Balaban J connectivity index is 1.54. The van der Waals surface area contributed by atoms with Gasteiger partial charge in [0.25, 0.3) is 0 Å². The molecule has 6 atom stereocenters. The lowest BCUT2D eigenvalue weighted by Crippen LogP contribution is -2.60. The van der Waals surface area contributed by atoms with E-state index in [0.717, 1.165) is 4.90 Å². The van der Waals surface area contributed by atoms with Crippen LogP contribution in [0.4, 0.5) is 22.0 Å². The Morgan fingerprint density at radius 1 is 1.15 bits per heavy atom. The van der Waals surface area contributed by atoms with Gasteiger partial charge in [0.15, 0.2) is 0 Å². The number of hydrogen-bond donors (Lipinski definition) is 3. The third-order valence-corrected chi connectivity index (χ3v) is 8.96. The van der Waals surface area contributed by atoms with E-state index < -0.39 is 72.6 Å². The van der Waals surface area contributed by atoms with Crippen LogP contribution in [-0.4, -0.2) is 71.8 Å². The molecule has 0 bridgehead atoms. The maximum absolute atomic E-state index is 13.8. The molecule has 39 heavy (non-hydrogen) atoms. The Morgan fingerprint density at radius 3 is 2.33 bits per heavy atom. The molecule has 2 aliphatic carbocycles. The summed E-state index contributed by atoms with van der Waals surface area (Å²) in [6.07, 6.45) is -6.55. The predicted molar refractivity (Wildman–Crippen MR) is 124 cm³/mol. The molecule has 3 unspecified atom stereocenters. The van der Waals surface area contributed by atoms with E-state index in [0.29, 0.717) is 13.0 Å². The number of carbonyl (C=O) groups is 4. The second kappa shape index (κ2) is 10.2. The molecular formula is C25H32F5N5O4. The van der Waals surface area contributed by atoms with Crippen LogP contribution < -0.4 is 16.0 Å². The van der Waals surface area contributed by atoms with E-state index in [1.54, 1.807) is 5.32 Å². The molecule has 216 valence electrons. The third-order valence-electron chi connectivity index (χ3n) is 8.96. The average Bonchev–Trinajstić information content (AvgIpc) is 3.19. The van der Waals surface area contributed by atoms with Gasteiger partial charge in [0.1, 0.15) is 18.1 Å². The lowest BCUT2D eigenvalue weighted by atomic mass is 9.81. The monoisotopic (exact) mass is 561 g/mol. The lowest BCUT2D eigenvalue weighted by molar-refractivity contribution is -0.176. The van der Waals surface area contributed by atoms with E-state index in [2.05, 4.69) is 10.6 Å². The number of nitrogens with zero attached hydrogens (tertiary/aromatic N) is 2. The van der Waals surface area contributed by atoms with E-state index in [9.17, 15) is 46.4 Å². The number of hydrogen-bond acceptors (Lipinski definition) is 5. The molecule has 2 aliphatic heterocycles. The first-order valence-electron chi connectivity index (χ1n) is 13.1. The van der Waals surface area contributed by atoms with Gasteiger partial charge in [-0.25, -0.2) is 8.78 Å². The summed E-state index contributed by atoms with van der Waals surface area (Å²) in [6.45, 7) is 4.27. The molecule has 9 nitrogen and oxygen atoms in total. The van der Waals surface area contributed by atoms with Gasteiger partial charge in [-0.1, -0.05) is 13.8 Å². The highest BCUT2D eigenvalue weighted by Gasteiger charge is 2.70. The fraction of sp³-hybridized carbons (Fsp3) is 0.800. The second-order valence-corrected chi connectivity index (χ2v) is 11.7. The molecule has 2 saturated carbocycles. The zero-order valence-corrected chi connectivity index (χ0v) is 21.6. The molecule has 4 aliphatic rings. The van der Waals surface area contributed by atoms with Crippen LogP contribution in [0.15, 0.2) is 0 Å². The summed E-state index contributed by atoms with van der Waals surface area (Å²) in [5, 5.41) is 16.6. The van der Waals surface area contributed by atoms with E-state index >= 15 is 0 Å². The SMILES string of the molecule is CC1(C)C2CN(C(=O)[C@@H](NC(=O)C(F)(F)F)C3CCC(F)(F)CC3)C(C(=O)N[C@H](C#N)C[C@@H]3CCNC3=O)C21.